The van der Waals surface area contributed by atoms with Gasteiger partial charge in [-0.15, -0.1) is 0 Å². The Morgan fingerprint density at radius 2 is 1.85 bits per heavy atom. The number of carbonyl (C=O) groups excluding carboxylic acids is 2. The molecule has 1 atom stereocenters. The summed E-state index contributed by atoms with van der Waals surface area (Å²) in [6, 6.07) is 14.6. The molecule has 136 valence electrons. The zero-order chi connectivity index (χ0) is 18.5. The highest BCUT2D eigenvalue weighted by atomic mass is 16.5. The van der Waals surface area contributed by atoms with E-state index in [9.17, 15) is 9.59 Å². The number of amides is 1. The molecule has 0 saturated heterocycles. The zero-order valence-corrected chi connectivity index (χ0v) is 15.0. The molecule has 0 bridgehead atoms. The third kappa shape index (κ3) is 4.04. The highest BCUT2D eigenvalue weighted by Gasteiger charge is 2.32. The zero-order valence-electron chi connectivity index (χ0n) is 15.0. The number of esters is 1. The normalized spacial score (nSPS) is 14.8. The number of hydrogen-bond donors (Lipinski definition) is 1. The standard InChI is InChI=1S/C21H23NO4/c1-14-11-12-18(25-2)17(13-14)22-20(23)19(15-7-4-3-5-8-15)26-21(24)16-9-6-10-16/h3-5,7-8,11-13,16,19H,6,9-10H2,1-2H3,(H,22,23). The van der Waals surface area contributed by atoms with Crippen molar-refractivity contribution in [2.24, 2.45) is 5.92 Å². The van der Waals surface area contributed by atoms with Crippen molar-refractivity contribution in [1.29, 1.82) is 0 Å². The van der Waals surface area contributed by atoms with Gasteiger partial charge in [-0.1, -0.05) is 42.8 Å². The molecule has 0 aliphatic heterocycles. The minimum absolute atomic E-state index is 0.0949. The van der Waals surface area contributed by atoms with Crippen LogP contribution < -0.4 is 10.1 Å². The Morgan fingerprint density at radius 1 is 1.12 bits per heavy atom. The number of nitrogens with one attached hydrogen (secondary N) is 1. The molecule has 1 N–H and O–H groups in total. The van der Waals surface area contributed by atoms with Crippen molar-refractivity contribution in [3.8, 4) is 5.75 Å². The molecule has 1 aliphatic rings. The molecule has 2 aromatic carbocycles. The number of carbonyl (C=O) groups is 2. The van der Waals surface area contributed by atoms with Crippen LogP contribution >= 0.6 is 0 Å². The molecule has 1 unspecified atom stereocenters. The fraction of sp³-hybridized carbons (Fsp3) is 0.333. The third-order valence-corrected chi connectivity index (χ3v) is 4.63. The number of methoxy groups -OCH3 is 1. The second-order valence-electron chi connectivity index (χ2n) is 6.55. The molecule has 5 nitrogen and oxygen atoms in total. The minimum atomic E-state index is -0.991. The van der Waals surface area contributed by atoms with E-state index in [0.717, 1.165) is 24.8 Å². The number of benzene rings is 2. The van der Waals surface area contributed by atoms with Crippen LogP contribution in [0.4, 0.5) is 5.69 Å². The van der Waals surface area contributed by atoms with Crippen molar-refractivity contribution in [2.75, 3.05) is 12.4 Å². The summed E-state index contributed by atoms with van der Waals surface area (Å²) in [6.07, 6.45) is 1.69. The van der Waals surface area contributed by atoms with Crippen LogP contribution in [0.25, 0.3) is 0 Å². The first-order valence-electron chi connectivity index (χ1n) is 8.79. The van der Waals surface area contributed by atoms with Gasteiger partial charge in [-0.3, -0.25) is 9.59 Å². The fourth-order valence-corrected chi connectivity index (χ4v) is 2.87. The lowest BCUT2D eigenvalue weighted by Crippen LogP contribution is -2.31. The van der Waals surface area contributed by atoms with E-state index in [-0.39, 0.29) is 11.9 Å². The summed E-state index contributed by atoms with van der Waals surface area (Å²) in [5.41, 5.74) is 2.19. The Kier molecular flexibility index (Phi) is 5.56. The lowest BCUT2D eigenvalue weighted by Gasteiger charge is -2.26. The number of anilines is 1. The molecular formula is C21H23NO4. The van der Waals surface area contributed by atoms with Crippen LogP contribution in [0.2, 0.25) is 0 Å². The summed E-state index contributed by atoms with van der Waals surface area (Å²) < 4.78 is 10.9. The summed E-state index contributed by atoms with van der Waals surface area (Å²) in [5.74, 6) is -0.243. The predicted octanol–water partition coefficient (Wildman–Crippen LogP) is 4.03. The predicted molar refractivity (Wildman–Crippen MR) is 99.0 cm³/mol. The first-order valence-corrected chi connectivity index (χ1v) is 8.79. The van der Waals surface area contributed by atoms with Crippen LogP contribution in [0.15, 0.2) is 48.5 Å². The number of hydrogen-bond acceptors (Lipinski definition) is 4. The third-order valence-electron chi connectivity index (χ3n) is 4.63. The van der Waals surface area contributed by atoms with Gasteiger partial charge in [0.25, 0.3) is 5.91 Å². The van der Waals surface area contributed by atoms with E-state index >= 15 is 0 Å². The van der Waals surface area contributed by atoms with E-state index in [1.165, 1.54) is 0 Å². The highest BCUT2D eigenvalue weighted by molar-refractivity contribution is 5.97. The van der Waals surface area contributed by atoms with E-state index in [2.05, 4.69) is 5.32 Å². The van der Waals surface area contributed by atoms with Crippen molar-refractivity contribution in [3.05, 3.63) is 59.7 Å². The summed E-state index contributed by atoms with van der Waals surface area (Å²) >= 11 is 0. The van der Waals surface area contributed by atoms with E-state index in [4.69, 9.17) is 9.47 Å². The lowest BCUT2D eigenvalue weighted by molar-refractivity contribution is -0.161. The summed E-state index contributed by atoms with van der Waals surface area (Å²) in [6.45, 7) is 1.93. The van der Waals surface area contributed by atoms with Crippen LogP contribution in [0, 0.1) is 12.8 Å². The first-order chi connectivity index (χ1) is 12.6. The maximum absolute atomic E-state index is 12.9. The topological polar surface area (TPSA) is 64.6 Å². The fourth-order valence-electron chi connectivity index (χ4n) is 2.87. The van der Waals surface area contributed by atoms with Gasteiger partial charge < -0.3 is 14.8 Å². The van der Waals surface area contributed by atoms with Gasteiger partial charge in [-0.2, -0.15) is 0 Å². The van der Waals surface area contributed by atoms with Gasteiger partial charge in [-0.05, 0) is 37.5 Å². The van der Waals surface area contributed by atoms with Crippen molar-refractivity contribution in [2.45, 2.75) is 32.3 Å². The molecular weight excluding hydrogens is 330 g/mol. The highest BCUT2D eigenvalue weighted by Crippen LogP contribution is 2.31. The quantitative estimate of drug-likeness (QED) is 0.797. The molecule has 1 saturated carbocycles. The van der Waals surface area contributed by atoms with E-state index in [1.807, 2.05) is 37.3 Å². The van der Waals surface area contributed by atoms with Crippen LogP contribution in [-0.2, 0) is 14.3 Å². The average molecular weight is 353 g/mol. The maximum Gasteiger partial charge on any atom is 0.310 e. The minimum Gasteiger partial charge on any atom is -0.495 e. The summed E-state index contributed by atoms with van der Waals surface area (Å²) in [5, 5.41) is 2.84. The molecule has 5 heteroatoms. The van der Waals surface area contributed by atoms with Crippen molar-refractivity contribution >= 4 is 17.6 Å². The Morgan fingerprint density at radius 3 is 2.46 bits per heavy atom. The van der Waals surface area contributed by atoms with Crippen LogP contribution in [-0.4, -0.2) is 19.0 Å². The van der Waals surface area contributed by atoms with Gasteiger partial charge in [0.05, 0.1) is 18.7 Å². The van der Waals surface area contributed by atoms with E-state index in [0.29, 0.717) is 17.0 Å². The van der Waals surface area contributed by atoms with E-state index < -0.39 is 12.0 Å². The molecule has 1 fully saturated rings. The largest absolute Gasteiger partial charge is 0.495 e. The van der Waals surface area contributed by atoms with Gasteiger partial charge in [-0.25, -0.2) is 0 Å². The molecule has 1 aliphatic carbocycles. The van der Waals surface area contributed by atoms with Gasteiger partial charge in [0.15, 0.2) is 0 Å². The number of rotatable bonds is 6. The Bertz CT molecular complexity index is 784. The van der Waals surface area contributed by atoms with Gasteiger partial charge in [0.2, 0.25) is 6.10 Å². The Balaban J connectivity index is 1.82. The lowest BCUT2D eigenvalue weighted by atomic mass is 9.85. The second kappa shape index (κ2) is 8.04. The monoisotopic (exact) mass is 353 g/mol. The molecule has 3 rings (SSSR count). The van der Waals surface area contributed by atoms with Crippen molar-refractivity contribution < 1.29 is 19.1 Å². The van der Waals surface area contributed by atoms with Crippen LogP contribution in [0.1, 0.15) is 36.5 Å². The summed E-state index contributed by atoms with van der Waals surface area (Å²) in [7, 11) is 1.55. The molecule has 2 aromatic rings. The second-order valence-corrected chi connectivity index (χ2v) is 6.55. The molecule has 0 radical (unpaired) electrons. The molecule has 0 heterocycles. The summed E-state index contributed by atoms with van der Waals surface area (Å²) in [4.78, 5) is 25.2. The van der Waals surface area contributed by atoms with Crippen LogP contribution in [0.3, 0.4) is 0 Å². The van der Waals surface area contributed by atoms with Gasteiger partial charge in [0, 0.05) is 5.56 Å². The Labute approximate surface area is 153 Å². The van der Waals surface area contributed by atoms with Crippen molar-refractivity contribution in [3.63, 3.8) is 0 Å². The molecule has 0 aromatic heterocycles. The maximum atomic E-state index is 12.9. The number of ether oxygens (including phenoxy) is 2. The smallest absolute Gasteiger partial charge is 0.310 e. The Hall–Kier alpha value is -2.82. The van der Waals surface area contributed by atoms with Crippen LogP contribution in [0.5, 0.6) is 5.75 Å². The average Bonchev–Trinajstić information content (AvgIpc) is 2.59. The van der Waals surface area contributed by atoms with Gasteiger partial charge >= 0.3 is 5.97 Å². The molecule has 1 amide bonds. The van der Waals surface area contributed by atoms with Gasteiger partial charge in [0.1, 0.15) is 5.75 Å². The molecule has 0 spiro atoms. The molecule has 26 heavy (non-hydrogen) atoms. The SMILES string of the molecule is COc1ccc(C)cc1NC(=O)C(OC(=O)C1CCC1)c1ccccc1. The number of aryl methyl sites for hydroxylation is 1. The van der Waals surface area contributed by atoms with E-state index in [1.54, 1.807) is 25.3 Å². The first kappa shape index (κ1) is 18.0. The van der Waals surface area contributed by atoms with Crippen molar-refractivity contribution in [1.82, 2.24) is 0 Å².